The van der Waals surface area contributed by atoms with E-state index < -0.39 is 6.04 Å². The van der Waals surface area contributed by atoms with Crippen molar-refractivity contribution in [2.24, 2.45) is 0 Å². The predicted octanol–water partition coefficient (Wildman–Crippen LogP) is 4.22. The van der Waals surface area contributed by atoms with Crippen molar-refractivity contribution in [1.29, 1.82) is 0 Å². The topological polar surface area (TPSA) is 49.4 Å². The fourth-order valence-electron chi connectivity index (χ4n) is 2.80. The lowest BCUT2D eigenvalue weighted by molar-refractivity contribution is -0.140. The summed E-state index contributed by atoms with van der Waals surface area (Å²) in [5.74, 6) is -0.240. The lowest BCUT2D eigenvalue weighted by Crippen LogP contribution is -2.48. The van der Waals surface area contributed by atoms with Crippen LogP contribution in [0.5, 0.6) is 0 Å². The van der Waals surface area contributed by atoms with Crippen molar-refractivity contribution >= 4 is 23.4 Å². The quantitative estimate of drug-likeness (QED) is 0.656. The molecule has 1 N–H and O–H groups in total. The Balaban J connectivity index is 2.17. The van der Waals surface area contributed by atoms with Crippen molar-refractivity contribution in [3.63, 3.8) is 0 Å². The number of nitrogens with one attached hydrogen (secondary N) is 1. The van der Waals surface area contributed by atoms with Gasteiger partial charge in [0.15, 0.2) is 0 Å². The van der Waals surface area contributed by atoms with Crippen LogP contribution in [-0.2, 0) is 22.6 Å². The third kappa shape index (κ3) is 6.40. The first-order valence-electron chi connectivity index (χ1n) is 9.37. The maximum absolute atomic E-state index is 13.0. The fraction of sp³-hybridized carbons (Fsp3) is 0.364. The van der Waals surface area contributed by atoms with Gasteiger partial charge in [0.1, 0.15) is 6.04 Å². The molecule has 0 saturated carbocycles. The van der Waals surface area contributed by atoms with Crippen molar-refractivity contribution in [3.8, 4) is 0 Å². The number of carbonyl (C=O) groups is 2. The zero-order valence-electron chi connectivity index (χ0n) is 16.0. The first-order chi connectivity index (χ1) is 13.0. The van der Waals surface area contributed by atoms with Crippen LogP contribution in [0.3, 0.4) is 0 Å². The van der Waals surface area contributed by atoms with E-state index in [1.54, 1.807) is 17.9 Å². The Bertz CT molecular complexity index is 749. The number of amides is 2. The summed E-state index contributed by atoms with van der Waals surface area (Å²) in [5.41, 5.74) is 1.75. The van der Waals surface area contributed by atoms with Gasteiger partial charge in [-0.2, -0.15) is 0 Å². The molecule has 5 heteroatoms. The van der Waals surface area contributed by atoms with Crippen LogP contribution in [0.2, 0.25) is 5.02 Å². The highest BCUT2D eigenvalue weighted by molar-refractivity contribution is 6.31. The van der Waals surface area contributed by atoms with E-state index in [0.29, 0.717) is 18.1 Å². The third-order valence-electron chi connectivity index (χ3n) is 4.49. The fourth-order valence-corrected chi connectivity index (χ4v) is 3.00. The Hall–Kier alpha value is -2.33. The summed E-state index contributed by atoms with van der Waals surface area (Å²) in [4.78, 5) is 27.2. The van der Waals surface area contributed by atoms with E-state index in [1.165, 1.54) is 0 Å². The zero-order valence-corrected chi connectivity index (χ0v) is 16.7. The molecule has 0 unspecified atom stereocenters. The molecule has 2 aromatic rings. The number of nitrogens with zero attached hydrogens (tertiary/aromatic N) is 1. The van der Waals surface area contributed by atoms with Crippen LogP contribution in [0.25, 0.3) is 0 Å². The van der Waals surface area contributed by atoms with Gasteiger partial charge < -0.3 is 10.2 Å². The first-order valence-corrected chi connectivity index (χ1v) is 9.75. The summed E-state index contributed by atoms with van der Waals surface area (Å²) in [5, 5.41) is 3.51. The highest BCUT2D eigenvalue weighted by atomic mass is 35.5. The molecule has 0 aliphatic carbocycles. The molecule has 0 aliphatic rings. The molecule has 1 atom stereocenters. The average Bonchev–Trinajstić information content (AvgIpc) is 2.67. The molecule has 0 fully saturated rings. The molecule has 0 heterocycles. The van der Waals surface area contributed by atoms with Gasteiger partial charge in [-0.3, -0.25) is 9.59 Å². The maximum atomic E-state index is 13.0. The lowest BCUT2D eigenvalue weighted by Gasteiger charge is -2.29. The number of unbranched alkanes of at least 4 members (excludes halogenated alkanes) is 1. The molecule has 144 valence electrons. The molecule has 4 nitrogen and oxygen atoms in total. The van der Waals surface area contributed by atoms with Crippen molar-refractivity contribution < 1.29 is 9.59 Å². The summed E-state index contributed by atoms with van der Waals surface area (Å²) in [7, 11) is 0. The number of rotatable bonds is 9. The largest absolute Gasteiger partial charge is 0.354 e. The molecular formula is C22H27ClN2O2. The van der Waals surface area contributed by atoms with Gasteiger partial charge >= 0.3 is 0 Å². The van der Waals surface area contributed by atoms with Crippen molar-refractivity contribution in [1.82, 2.24) is 10.2 Å². The van der Waals surface area contributed by atoms with Gasteiger partial charge in [-0.15, -0.1) is 0 Å². The summed E-state index contributed by atoms with van der Waals surface area (Å²) in [6.45, 7) is 4.75. The molecule has 27 heavy (non-hydrogen) atoms. The van der Waals surface area contributed by atoms with Crippen LogP contribution in [-0.4, -0.2) is 29.3 Å². The van der Waals surface area contributed by atoms with E-state index >= 15 is 0 Å². The Labute approximate surface area is 166 Å². The van der Waals surface area contributed by atoms with Crippen LogP contribution in [0.1, 0.15) is 37.8 Å². The Kier molecular flexibility index (Phi) is 8.34. The van der Waals surface area contributed by atoms with Gasteiger partial charge in [0, 0.05) is 18.1 Å². The molecule has 0 radical (unpaired) electrons. The van der Waals surface area contributed by atoms with Crippen LogP contribution < -0.4 is 5.32 Å². The smallest absolute Gasteiger partial charge is 0.242 e. The first kappa shape index (κ1) is 21.0. The van der Waals surface area contributed by atoms with Gasteiger partial charge in [0.05, 0.1) is 6.42 Å². The summed E-state index contributed by atoms with van der Waals surface area (Å²) >= 11 is 6.28. The van der Waals surface area contributed by atoms with E-state index in [9.17, 15) is 9.59 Å². The Morgan fingerprint density at radius 2 is 1.74 bits per heavy atom. The minimum Gasteiger partial charge on any atom is -0.354 e. The maximum Gasteiger partial charge on any atom is 0.242 e. The second-order valence-electron chi connectivity index (χ2n) is 6.60. The number of benzene rings is 2. The summed E-state index contributed by atoms with van der Waals surface area (Å²) in [6.07, 6.45) is 2.17. The average molecular weight is 387 g/mol. The summed E-state index contributed by atoms with van der Waals surface area (Å²) < 4.78 is 0. The van der Waals surface area contributed by atoms with Crippen LogP contribution in [0.4, 0.5) is 0 Å². The van der Waals surface area contributed by atoms with E-state index in [4.69, 9.17) is 11.6 Å². The molecule has 0 bridgehead atoms. The van der Waals surface area contributed by atoms with Gasteiger partial charge in [-0.1, -0.05) is 73.5 Å². The molecule has 0 aromatic heterocycles. The lowest BCUT2D eigenvalue weighted by atomic mass is 10.1. The second kappa shape index (κ2) is 10.7. The third-order valence-corrected chi connectivity index (χ3v) is 4.86. The van der Waals surface area contributed by atoms with E-state index in [0.717, 1.165) is 24.0 Å². The van der Waals surface area contributed by atoms with Gasteiger partial charge in [-0.05, 0) is 30.5 Å². The molecule has 2 rings (SSSR count). The summed E-state index contributed by atoms with van der Waals surface area (Å²) in [6, 6.07) is 16.4. The van der Waals surface area contributed by atoms with Crippen molar-refractivity contribution in [3.05, 3.63) is 70.7 Å². The molecule has 0 spiro atoms. The van der Waals surface area contributed by atoms with E-state index in [1.807, 2.05) is 48.5 Å². The number of hydrogen-bond donors (Lipinski definition) is 1. The SMILES string of the molecule is CCCCNC(=O)[C@@H](C)N(Cc1ccccc1Cl)C(=O)Cc1ccccc1. The van der Waals surface area contributed by atoms with E-state index in [-0.39, 0.29) is 18.2 Å². The normalized spacial score (nSPS) is 11.7. The second-order valence-corrected chi connectivity index (χ2v) is 7.00. The molecule has 2 aromatic carbocycles. The van der Waals surface area contributed by atoms with E-state index in [2.05, 4.69) is 12.2 Å². The minimum atomic E-state index is -0.575. The van der Waals surface area contributed by atoms with Gasteiger partial charge in [0.2, 0.25) is 11.8 Å². The number of halogens is 1. The zero-order chi connectivity index (χ0) is 19.6. The minimum absolute atomic E-state index is 0.0979. The van der Waals surface area contributed by atoms with Crippen molar-refractivity contribution in [2.75, 3.05) is 6.54 Å². The number of carbonyl (C=O) groups excluding carboxylic acids is 2. The Morgan fingerprint density at radius 1 is 1.07 bits per heavy atom. The number of hydrogen-bond acceptors (Lipinski definition) is 2. The molecule has 2 amide bonds. The standard InChI is InChI=1S/C22H27ClN2O2/c1-3-4-14-24-22(27)17(2)25(16-19-12-8-9-13-20(19)23)21(26)15-18-10-6-5-7-11-18/h5-13,17H,3-4,14-16H2,1-2H3,(H,24,27)/t17-/m1/s1. The van der Waals surface area contributed by atoms with Gasteiger partial charge in [0.25, 0.3) is 0 Å². The van der Waals surface area contributed by atoms with Gasteiger partial charge in [-0.25, -0.2) is 0 Å². The highest BCUT2D eigenvalue weighted by Gasteiger charge is 2.26. The highest BCUT2D eigenvalue weighted by Crippen LogP contribution is 2.19. The molecule has 0 aliphatic heterocycles. The molecular weight excluding hydrogens is 360 g/mol. The van der Waals surface area contributed by atoms with Crippen molar-refractivity contribution in [2.45, 2.75) is 45.7 Å². The Morgan fingerprint density at radius 3 is 2.41 bits per heavy atom. The van der Waals surface area contributed by atoms with Crippen LogP contribution in [0, 0.1) is 0 Å². The van der Waals surface area contributed by atoms with Crippen LogP contribution in [0.15, 0.2) is 54.6 Å². The van der Waals surface area contributed by atoms with Crippen LogP contribution >= 0.6 is 11.6 Å². The monoisotopic (exact) mass is 386 g/mol. The molecule has 0 saturated heterocycles. The predicted molar refractivity (Wildman–Crippen MR) is 110 cm³/mol.